The van der Waals surface area contributed by atoms with Crippen LogP contribution >= 0.6 is 11.8 Å². The van der Waals surface area contributed by atoms with Gasteiger partial charge in [0.25, 0.3) is 0 Å². The van der Waals surface area contributed by atoms with Gasteiger partial charge >= 0.3 is 0 Å². The lowest BCUT2D eigenvalue weighted by Crippen LogP contribution is -2.24. The quantitative estimate of drug-likeness (QED) is 0.443. The van der Waals surface area contributed by atoms with Crippen LogP contribution in [0.1, 0.15) is 5.56 Å². The Bertz CT molecular complexity index is 1160. The SMILES string of the molecule is COc1cccc(CNC(=O)CSc2ccc(-c3ccc4ccccc4c3)nn2)c1. The third-order valence-electron chi connectivity index (χ3n) is 4.66. The van der Waals surface area contributed by atoms with Crippen molar-refractivity contribution >= 4 is 28.4 Å². The second-order valence-corrected chi connectivity index (χ2v) is 7.73. The number of rotatable bonds is 7. The molecule has 4 aromatic rings. The van der Waals surface area contributed by atoms with Crippen LogP contribution < -0.4 is 10.1 Å². The summed E-state index contributed by atoms with van der Waals surface area (Å²) in [4.78, 5) is 12.1. The van der Waals surface area contributed by atoms with Crippen molar-refractivity contribution in [2.45, 2.75) is 11.6 Å². The fourth-order valence-electron chi connectivity index (χ4n) is 3.07. The van der Waals surface area contributed by atoms with Gasteiger partial charge in [-0.3, -0.25) is 4.79 Å². The highest BCUT2D eigenvalue weighted by molar-refractivity contribution is 7.99. The van der Waals surface area contributed by atoms with E-state index >= 15 is 0 Å². The number of nitrogens with zero attached hydrogens (tertiary/aromatic N) is 2. The summed E-state index contributed by atoms with van der Waals surface area (Å²) in [6, 6.07) is 25.9. The monoisotopic (exact) mass is 415 g/mol. The number of methoxy groups -OCH3 is 1. The van der Waals surface area contributed by atoms with Crippen LogP contribution in [0.5, 0.6) is 5.75 Å². The van der Waals surface area contributed by atoms with Gasteiger partial charge in [0.2, 0.25) is 5.91 Å². The number of carbonyl (C=O) groups excluding carboxylic acids is 1. The Hall–Kier alpha value is -3.38. The number of aromatic nitrogens is 2. The first-order valence-electron chi connectivity index (χ1n) is 9.56. The molecule has 0 saturated carbocycles. The van der Waals surface area contributed by atoms with Crippen LogP contribution in [-0.2, 0) is 11.3 Å². The first kappa shape index (κ1) is 19.9. The van der Waals surface area contributed by atoms with Gasteiger partial charge in [-0.2, -0.15) is 0 Å². The topological polar surface area (TPSA) is 64.1 Å². The van der Waals surface area contributed by atoms with Crippen LogP contribution in [0.25, 0.3) is 22.0 Å². The van der Waals surface area contributed by atoms with Crippen molar-refractivity contribution in [3.05, 3.63) is 84.4 Å². The predicted molar refractivity (Wildman–Crippen MR) is 121 cm³/mol. The standard InChI is InChI=1S/C24H21N3O2S/c1-29-21-8-4-5-17(13-21)15-25-23(28)16-30-24-12-11-22(26-27-24)20-10-9-18-6-2-3-7-19(18)14-20/h2-14H,15-16H2,1H3,(H,25,28). The molecule has 150 valence electrons. The Kier molecular flexibility index (Phi) is 6.25. The zero-order chi connectivity index (χ0) is 20.8. The summed E-state index contributed by atoms with van der Waals surface area (Å²) in [7, 11) is 1.63. The molecular formula is C24H21N3O2S. The van der Waals surface area contributed by atoms with Crippen molar-refractivity contribution in [3.63, 3.8) is 0 Å². The highest BCUT2D eigenvalue weighted by Crippen LogP contribution is 2.24. The zero-order valence-corrected chi connectivity index (χ0v) is 17.4. The van der Waals surface area contributed by atoms with E-state index in [9.17, 15) is 4.79 Å². The van der Waals surface area contributed by atoms with Gasteiger partial charge in [0.05, 0.1) is 18.6 Å². The molecule has 0 aliphatic rings. The second kappa shape index (κ2) is 9.41. The van der Waals surface area contributed by atoms with E-state index in [2.05, 4.69) is 39.8 Å². The van der Waals surface area contributed by atoms with Crippen LogP contribution in [0.2, 0.25) is 0 Å². The van der Waals surface area contributed by atoms with Crippen LogP contribution in [0.3, 0.4) is 0 Å². The summed E-state index contributed by atoms with van der Waals surface area (Å²) in [5.74, 6) is 1.01. The molecule has 0 aliphatic heterocycles. The van der Waals surface area contributed by atoms with E-state index < -0.39 is 0 Å². The minimum absolute atomic E-state index is 0.0526. The molecule has 30 heavy (non-hydrogen) atoms. The van der Waals surface area contributed by atoms with Crippen LogP contribution in [0.4, 0.5) is 0 Å². The molecular weight excluding hydrogens is 394 g/mol. The number of hydrogen-bond donors (Lipinski definition) is 1. The molecule has 0 aliphatic carbocycles. The Morgan fingerprint density at radius 1 is 0.933 bits per heavy atom. The number of amides is 1. The van der Waals surface area contributed by atoms with Gasteiger partial charge < -0.3 is 10.1 Å². The van der Waals surface area contributed by atoms with E-state index in [0.717, 1.165) is 27.6 Å². The first-order chi connectivity index (χ1) is 14.7. The van der Waals surface area contributed by atoms with Gasteiger partial charge in [0.15, 0.2) is 0 Å². The molecule has 5 nitrogen and oxygen atoms in total. The fraction of sp³-hybridized carbons (Fsp3) is 0.125. The van der Waals surface area contributed by atoms with Crippen LogP contribution in [-0.4, -0.2) is 29.0 Å². The minimum Gasteiger partial charge on any atom is -0.497 e. The molecule has 1 aromatic heterocycles. The molecule has 6 heteroatoms. The maximum absolute atomic E-state index is 12.1. The maximum atomic E-state index is 12.1. The number of benzene rings is 3. The van der Waals surface area contributed by atoms with E-state index in [1.165, 1.54) is 22.5 Å². The molecule has 3 aromatic carbocycles. The van der Waals surface area contributed by atoms with Gasteiger partial charge in [0, 0.05) is 12.1 Å². The summed E-state index contributed by atoms with van der Waals surface area (Å²) < 4.78 is 5.20. The average molecular weight is 416 g/mol. The second-order valence-electron chi connectivity index (χ2n) is 6.74. The van der Waals surface area contributed by atoms with Crippen molar-refractivity contribution in [1.29, 1.82) is 0 Å². The van der Waals surface area contributed by atoms with Gasteiger partial charge in [0.1, 0.15) is 10.8 Å². The molecule has 0 unspecified atom stereocenters. The molecule has 1 amide bonds. The van der Waals surface area contributed by atoms with Crippen molar-refractivity contribution in [2.24, 2.45) is 0 Å². The normalized spacial score (nSPS) is 10.7. The third-order valence-corrected chi connectivity index (χ3v) is 5.58. The van der Waals surface area contributed by atoms with Crippen LogP contribution in [0.15, 0.2) is 83.9 Å². The minimum atomic E-state index is -0.0526. The highest BCUT2D eigenvalue weighted by atomic mass is 32.2. The lowest BCUT2D eigenvalue weighted by Gasteiger charge is -2.07. The molecule has 1 N–H and O–H groups in total. The molecule has 0 saturated heterocycles. The van der Waals surface area contributed by atoms with E-state index in [1.807, 2.05) is 54.6 Å². The Balaban J connectivity index is 1.32. The summed E-state index contributed by atoms with van der Waals surface area (Å²) in [5, 5.41) is 14.6. The number of hydrogen-bond acceptors (Lipinski definition) is 5. The average Bonchev–Trinajstić information content (AvgIpc) is 2.81. The summed E-state index contributed by atoms with van der Waals surface area (Å²) in [5.41, 5.74) is 2.83. The molecule has 4 rings (SSSR count). The number of ether oxygens (including phenoxy) is 1. The first-order valence-corrected chi connectivity index (χ1v) is 10.6. The maximum Gasteiger partial charge on any atom is 0.230 e. The van der Waals surface area contributed by atoms with E-state index in [4.69, 9.17) is 4.74 Å². The van der Waals surface area contributed by atoms with Crippen molar-refractivity contribution in [3.8, 4) is 17.0 Å². The highest BCUT2D eigenvalue weighted by Gasteiger charge is 2.07. The van der Waals surface area contributed by atoms with Crippen molar-refractivity contribution < 1.29 is 9.53 Å². The molecule has 0 spiro atoms. The largest absolute Gasteiger partial charge is 0.497 e. The van der Waals surface area contributed by atoms with Gasteiger partial charge in [-0.15, -0.1) is 10.2 Å². The van der Waals surface area contributed by atoms with Gasteiger partial charge in [-0.25, -0.2) is 0 Å². The van der Waals surface area contributed by atoms with E-state index in [1.54, 1.807) is 7.11 Å². The molecule has 1 heterocycles. The van der Waals surface area contributed by atoms with E-state index in [-0.39, 0.29) is 11.7 Å². The Morgan fingerprint density at radius 3 is 2.60 bits per heavy atom. The van der Waals surface area contributed by atoms with Crippen molar-refractivity contribution in [1.82, 2.24) is 15.5 Å². The zero-order valence-electron chi connectivity index (χ0n) is 16.5. The number of thioether (sulfide) groups is 1. The summed E-state index contributed by atoms with van der Waals surface area (Å²) in [6.45, 7) is 0.461. The van der Waals surface area contributed by atoms with Crippen molar-refractivity contribution in [2.75, 3.05) is 12.9 Å². The van der Waals surface area contributed by atoms with Crippen LogP contribution in [0, 0.1) is 0 Å². The number of carbonyl (C=O) groups is 1. The smallest absolute Gasteiger partial charge is 0.230 e. The van der Waals surface area contributed by atoms with Gasteiger partial charge in [-0.05, 0) is 46.7 Å². The van der Waals surface area contributed by atoms with E-state index in [0.29, 0.717) is 6.54 Å². The number of fused-ring (bicyclic) bond motifs is 1. The fourth-order valence-corrected chi connectivity index (χ4v) is 3.72. The molecule has 0 fully saturated rings. The molecule has 0 atom stereocenters. The molecule has 0 radical (unpaired) electrons. The predicted octanol–water partition coefficient (Wildman–Crippen LogP) is 4.71. The summed E-state index contributed by atoms with van der Waals surface area (Å²) >= 11 is 1.37. The Labute approximate surface area is 179 Å². The number of nitrogens with one attached hydrogen (secondary N) is 1. The lowest BCUT2D eigenvalue weighted by molar-refractivity contribution is -0.118. The molecule has 0 bridgehead atoms. The lowest BCUT2D eigenvalue weighted by atomic mass is 10.1. The van der Waals surface area contributed by atoms with Gasteiger partial charge in [-0.1, -0.05) is 60.3 Å². The summed E-state index contributed by atoms with van der Waals surface area (Å²) in [6.07, 6.45) is 0. The Morgan fingerprint density at radius 2 is 1.80 bits per heavy atom. The third kappa shape index (κ3) is 4.96.